The number of nitrogens with one attached hydrogen (secondary N) is 1. The molecule has 0 saturated carbocycles. The number of ketones is 1. The van der Waals surface area contributed by atoms with Crippen LogP contribution in [0.15, 0.2) is 46.9 Å². The van der Waals surface area contributed by atoms with Gasteiger partial charge in [0.15, 0.2) is 11.6 Å². The van der Waals surface area contributed by atoms with E-state index in [0.717, 1.165) is 10.7 Å². The van der Waals surface area contributed by atoms with E-state index in [1.54, 1.807) is 35.6 Å². The largest absolute Gasteiger partial charge is 0.293 e. The molecule has 1 atom stereocenters. The third kappa shape index (κ3) is 3.40. The van der Waals surface area contributed by atoms with E-state index in [1.807, 2.05) is 24.4 Å². The summed E-state index contributed by atoms with van der Waals surface area (Å²) < 4.78 is 0. The summed E-state index contributed by atoms with van der Waals surface area (Å²) in [5.74, 6) is 0.757. The molecular formula is C15H12ClN3OS2. The van der Waals surface area contributed by atoms with Gasteiger partial charge in [-0.1, -0.05) is 29.4 Å². The van der Waals surface area contributed by atoms with Crippen molar-refractivity contribution in [2.24, 2.45) is 0 Å². The fraction of sp³-hybridized carbons (Fsp3) is 0.133. The highest BCUT2D eigenvalue weighted by atomic mass is 35.5. The summed E-state index contributed by atoms with van der Waals surface area (Å²) >= 11 is 8.77. The van der Waals surface area contributed by atoms with Crippen molar-refractivity contribution in [1.82, 2.24) is 15.2 Å². The molecule has 3 rings (SSSR count). The Labute approximate surface area is 140 Å². The summed E-state index contributed by atoms with van der Waals surface area (Å²) in [5, 5.41) is 9.96. The van der Waals surface area contributed by atoms with Crippen molar-refractivity contribution in [2.75, 3.05) is 0 Å². The topological polar surface area (TPSA) is 58.6 Å². The van der Waals surface area contributed by atoms with Gasteiger partial charge in [-0.25, -0.2) is 4.98 Å². The Balaban J connectivity index is 1.70. The smallest absolute Gasteiger partial charge is 0.209 e. The number of benzene rings is 1. The van der Waals surface area contributed by atoms with Crippen LogP contribution in [0.1, 0.15) is 17.3 Å². The maximum Gasteiger partial charge on any atom is 0.209 e. The Morgan fingerprint density at radius 1 is 1.32 bits per heavy atom. The fourth-order valence-corrected chi connectivity index (χ4v) is 3.47. The van der Waals surface area contributed by atoms with E-state index in [9.17, 15) is 4.79 Å². The van der Waals surface area contributed by atoms with Crippen molar-refractivity contribution < 1.29 is 4.79 Å². The molecule has 0 saturated heterocycles. The van der Waals surface area contributed by atoms with Gasteiger partial charge in [0.25, 0.3) is 0 Å². The number of halogens is 1. The highest BCUT2D eigenvalue weighted by Crippen LogP contribution is 2.26. The van der Waals surface area contributed by atoms with Crippen LogP contribution in [-0.2, 0) is 0 Å². The third-order valence-electron chi connectivity index (χ3n) is 3.00. The fourth-order valence-electron chi connectivity index (χ4n) is 1.88. The Hall–Kier alpha value is -1.63. The van der Waals surface area contributed by atoms with E-state index in [-0.39, 0.29) is 11.0 Å². The summed E-state index contributed by atoms with van der Waals surface area (Å²) in [5.41, 5.74) is 0.637. The number of hydrogen-bond acceptors (Lipinski definition) is 5. The number of aromatic nitrogens is 3. The number of hydrogen-bond donors (Lipinski definition) is 1. The molecule has 7 heteroatoms. The SMILES string of the molecule is C[C@@H](Sc1n[nH]c(-c2cccs2)n1)C(=O)c1ccc(Cl)cc1. The molecule has 0 aliphatic rings. The van der Waals surface area contributed by atoms with Gasteiger partial charge in [-0.2, -0.15) is 0 Å². The van der Waals surface area contributed by atoms with Gasteiger partial charge in [-0.3, -0.25) is 9.89 Å². The van der Waals surface area contributed by atoms with Crippen LogP contribution in [0.4, 0.5) is 0 Å². The average molecular weight is 350 g/mol. The molecule has 22 heavy (non-hydrogen) atoms. The standard InChI is InChI=1S/C15H12ClN3OS2/c1-9(13(20)10-4-6-11(16)7-5-10)22-15-17-14(18-19-15)12-3-2-8-21-12/h2-9H,1H3,(H,17,18,19)/t9-/m1/s1. The molecule has 0 spiro atoms. The van der Waals surface area contributed by atoms with E-state index >= 15 is 0 Å². The minimum atomic E-state index is -0.270. The number of rotatable bonds is 5. The first-order valence-corrected chi connectivity index (χ1v) is 8.70. The summed E-state index contributed by atoms with van der Waals surface area (Å²) in [7, 11) is 0. The van der Waals surface area contributed by atoms with Gasteiger partial charge in [0, 0.05) is 10.6 Å². The van der Waals surface area contributed by atoms with Gasteiger partial charge >= 0.3 is 0 Å². The average Bonchev–Trinajstić information content (AvgIpc) is 3.18. The van der Waals surface area contributed by atoms with E-state index in [0.29, 0.717) is 15.7 Å². The summed E-state index contributed by atoms with van der Waals surface area (Å²) in [4.78, 5) is 17.8. The van der Waals surface area contributed by atoms with Gasteiger partial charge in [-0.15, -0.1) is 16.4 Å². The van der Waals surface area contributed by atoms with Crippen LogP contribution in [0.25, 0.3) is 10.7 Å². The van der Waals surface area contributed by atoms with Crippen LogP contribution in [0.5, 0.6) is 0 Å². The van der Waals surface area contributed by atoms with Crippen LogP contribution < -0.4 is 0 Å². The zero-order valence-corrected chi connectivity index (χ0v) is 14.0. The second-order valence-electron chi connectivity index (χ2n) is 4.58. The molecule has 2 aromatic heterocycles. The number of Topliss-reactive ketones (excluding diaryl/α,β-unsaturated/α-hetero) is 1. The molecule has 4 nitrogen and oxygen atoms in total. The number of nitrogens with zero attached hydrogens (tertiary/aromatic N) is 2. The molecule has 0 bridgehead atoms. The molecule has 0 aliphatic heterocycles. The van der Waals surface area contributed by atoms with Crippen molar-refractivity contribution in [3.05, 3.63) is 52.4 Å². The van der Waals surface area contributed by atoms with E-state index < -0.39 is 0 Å². The monoisotopic (exact) mass is 349 g/mol. The summed E-state index contributed by atoms with van der Waals surface area (Å²) in [6.45, 7) is 1.85. The number of aromatic amines is 1. The Morgan fingerprint density at radius 2 is 2.09 bits per heavy atom. The van der Waals surface area contributed by atoms with Crippen LogP contribution in [0.2, 0.25) is 5.02 Å². The molecule has 0 aliphatic carbocycles. The minimum Gasteiger partial charge on any atom is -0.293 e. The molecule has 0 fully saturated rings. The summed E-state index contributed by atoms with van der Waals surface area (Å²) in [6.07, 6.45) is 0. The second kappa shape index (κ2) is 6.64. The van der Waals surface area contributed by atoms with Crippen molar-refractivity contribution in [3.63, 3.8) is 0 Å². The zero-order chi connectivity index (χ0) is 15.5. The molecular weight excluding hydrogens is 338 g/mol. The quantitative estimate of drug-likeness (QED) is 0.542. The molecule has 0 amide bonds. The van der Waals surface area contributed by atoms with E-state index in [2.05, 4.69) is 15.2 Å². The van der Waals surface area contributed by atoms with Crippen LogP contribution in [0, 0.1) is 0 Å². The Kier molecular flexibility index (Phi) is 4.61. The molecule has 1 N–H and O–H groups in total. The first-order valence-electron chi connectivity index (χ1n) is 6.56. The summed E-state index contributed by atoms with van der Waals surface area (Å²) in [6, 6.07) is 10.8. The van der Waals surface area contributed by atoms with Gasteiger partial charge in [0.1, 0.15) is 0 Å². The molecule has 1 aromatic carbocycles. The molecule has 112 valence electrons. The number of carbonyl (C=O) groups excluding carboxylic acids is 1. The number of carbonyl (C=O) groups is 1. The molecule has 3 aromatic rings. The Bertz CT molecular complexity index is 768. The van der Waals surface area contributed by atoms with Crippen molar-refractivity contribution >= 4 is 40.5 Å². The van der Waals surface area contributed by atoms with E-state index in [1.165, 1.54) is 11.8 Å². The maximum absolute atomic E-state index is 12.4. The molecule has 0 unspecified atom stereocenters. The lowest BCUT2D eigenvalue weighted by Gasteiger charge is -2.07. The lowest BCUT2D eigenvalue weighted by molar-refractivity contribution is 0.0994. The lowest BCUT2D eigenvalue weighted by atomic mass is 10.1. The Morgan fingerprint density at radius 3 is 2.77 bits per heavy atom. The van der Waals surface area contributed by atoms with Crippen LogP contribution in [-0.4, -0.2) is 26.2 Å². The predicted octanol–water partition coefficient (Wildman–Crippen LogP) is 4.55. The third-order valence-corrected chi connectivity index (χ3v) is 5.09. The van der Waals surface area contributed by atoms with Gasteiger partial charge < -0.3 is 0 Å². The van der Waals surface area contributed by atoms with E-state index in [4.69, 9.17) is 11.6 Å². The van der Waals surface area contributed by atoms with Crippen molar-refractivity contribution in [2.45, 2.75) is 17.3 Å². The van der Waals surface area contributed by atoms with Crippen LogP contribution >= 0.6 is 34.7 Å². The number of thioether (sulfide) groups is 1. The number of thiophene rings is 1. The minimum absolute atomic E-state index is 0.0316. The second-order valence-corrected chi connectivity index (χ2v) is 7.27. The first kappa shape index (κ1) is 15.3. The first-order chi connectivity index (χ1) is 10.6. The van der Waals surface area contributed by atoms with Gasteiger partial charge in [-0.05, 0) is 42.6 Å². The normalized spacial score (nSPS) is 12.3. The predicted molar refractivity (Wildman–Crippen MR) is 90.8 cm³/mol. The lowest BCUT2D eigenvalue weighted by Crippen LogP contribution is -2.13. The highest BCUT2D eigenvalue weighted by Gasteiger charge is 2.19. The number of H-pyrrole nitrogens is 1. The van der Waals surface area contributed by atoms with Crippen molar-refractivity contribution in [1.29, 1.82) is 0 Å². The highest BCUT2D eigenvalue weighted by molar-refractivity contribution is 8.00. The molecule has 2 heterocycles. The van der Waals surface area contributed by atoms with Crippen molar-refractivity contribution in [3.8, 4) is 10.7 Å². The van der Waals surface area contributed by atoms with Gasteiger partial charge in [0.2, 0.25) is 5.16 Å². The van der Waals surface area contributed by atoms with Crippen LogP contribution in [0.3, 0.4) is 0 Å². The zero-order valence-electron chi connectivity index (χ0n) is 11.6. The molecule has 0 radical (unpaired) electrons. The maximum atomic E-state index is 12.4. The van der Waals surface area contributed by atoms with Gasteiger partial charge in [0.05, 0.1) is 10.1 Å².